The van der Waals surface area contributed by atoms with Gasteiger partial charge in [-0.05, 0) is 24.0 Å². The predicted molar refractivity (Wildman–Crippen MR) is 108 cm³/mol. The Hall–Kier alpha value is -2.09. The van der Waals surface area contributed by atoms with Crippen LogP contribution < -0.4 is 5.32 Å². The third-order valence-electron chi connectivity index (χ3n) is 5.68. The van der Waals surface area contributed by atoms with Crippen LogP contribution in [0, 0.1) is 5.92 Å². The van der Waals surface area contributed by atoms with Crippen molar-refractivity contribution in [2.24, 2.45) is 5.92 Å². The molecule has 26 heavy (non-hydrogen) atoms. The topological polar surface area (TPSA) is 29.1 Å². The van der Waals surface area contributed by atoms with Crippen molar-refractivity contribution in [3.63, 3.8) is 0 Å². The highest BCUT2D eigenvalue weighted by atomic mass is 16.2. The third kappa shape index (κ3) is 4.17. The SMILES string of the molecule is CCCCCCCCNC(=O)C1CC1(c1ccccc1)c1ccccc1. The quantitative estimate of drug-likeness (QED) is 0.566. The molecular weight excluding hydrogens is 318 g/mol. The summed E-state index contributed by atoms with van der Waals surface area (Å²) in [5, 5.41) is 3.19. The largest absolute Gasteiger partial charge is 0.356 e. The first kappa shape index (κ1) is 18.7. The first-order chi connectivity index (χ1) is 12.8. The molecule has 1 saturated carbocycles. The maximum atomic E-state index is 12.8. The number of carbonyl (C=O) groups is 1. The standard InChI is InChI=1S/C24H31NO/c1-2-3-4-5-6-13-18-25-23(26)22-19-24(22,20-14-9-7-10-15-20)21-16-11-8-12-17-21/h7-12,14-17,22H,2-6,13,18-19H2,1H3,(H,25,26). The predicted octanol–water partition coefficient (Wildman–Crippen LogP) is 5.47. The van der Waals surface area contributed by atoms with Crippen LogP contribution in [0.3, 0.4) is 0 Å². The maximum Gasteiger partial charge on any atom is 0.224 e. The minimum atomic E-state index is -0.145. The van der Waals surface area contributed by atoms with Crippen molar-refractivity contribution in [1.29, 1.82) is 0 Å². The highest BCUT2D eigenvalue weighted by Crippen LogP contribution is 2.58. The van der Waals surface area contributed by atoms with Crippen molar-refractivity contribution in [2.75, 3.05) is 6.54 Å². The van der Waals surface area contributed by atoms with Crippen LogP contribution >= 0.6 is 0 Å². The molecule has 0 aromatic heterocycles. The monoisotopic (exact) mass is 349 g/mol. The van der Waals surface area contributed by atoms with E-state index in [1.165, 1.54) is 43.2 Å². The second-order valence-corrected chi connectivity index (χ2v) is 7.52. The summed E-state index contributed by atoms with van der Waals surface area (Å²) in [6, 6.07) is 21.0. The number of hydrogen-bond donors (Lipinski definition) is 1. The van der Waals surface area contributed by atoms with Crippen molar-refractivity contribution < 1.29 is 4.79 Å². The van der Waals surface area contributed by atoms with Crippen molar-refractivity contribution in [3.05, 3.63) is 71.8 Å². The molecule has 0 bridgehead atoms. The second-order valence-electron chi connectivity index (χ2n) is 7.52. The van der Waals surface area contributed by atoms with Gasteiger partial charge in [0, 0.05) is 12.0 Å². The third-order valence-corrected chi connectivity index (χ3v) is 5.68. The molecule has 3 rings (SSSR count). The zero-order valence-electron chi connectivity index (χ0n) is 15.9. The lowest BCUT2D eigenvalue weighted by Crippen LogP contribution is -2.29. The Morgan fingerprint density at radius 1 is 0.885 bits per heavy atom. The lowest BCUT2D eigenvalue weighted by Gasteiger charge is -2.19. The Labute approximate surface area is 158 Å². The van der Waals surface area contributed by atoms with Crippen LogP contribution in [0.4, 0.5) is 0 Å². The van der Waals surface area contributed by atoms with Crippen LogP contribution in [-0.4, -0.2) is 12.5 Å². The number of unbranched alkanes of at least 4 members (excludes halogenated alkanes) is 5. The fourth-order valence-corrected chi connectivity index (χ4v) is 4.10. The molecule has 1 aliphatic rings. The van der Waals surface area contributed by atoms with Gasteiger partial charge in [0.25, 0.3) is 0 Å². The molecule has 138 valence electrons. The van der Waals surface area contributed by atoms with Gasteiger partial charge in [-0.2, -0.15) is 0 Å². The molecule has 2 nitrogen and oxygen atoms in total. The van der Waals surface area contributed by atoms with Gasteiger partial charge < -0.3 is 5.32 Å². The summed E-state index contributed by atoms with van der Waals surface area (Å²) >= 11 is 0. The number of hydrogen-bond acceptors (Lipinski definition) is 1. The molecular formula is C24H31NO. The van der Waals surface area contributed by atoms with Crippen LogP contribution in [0.15, 0.2) is 60.7 Å². The van der Waals surface area contributed by atoms with Gasteiger partial charge >= 0.3 is 0 Å². The molecule has 1 atom stereocenters. The summed E-state index contributed by atoms with van der Waals surface area (Å²) in [6.07, 6.45) is 8.41. The lowest BCUT2D eigenvalue weighted by molar-refractivity contribution is -0.122. The van der Waals surface area contributed by atoms with E-state index in [9.17, 15) is 4.79 Å². The molecule has 2 heteroatoms. The molecule has 1 aliphatic carbocycles. The van der Waals surface area contributed by atoms with Gasteiger partial charge in [-0.25, -0.2) is 0 Å². The highest BCUT2D eigenvalue weighted by Gasteiger charge is 2.59. The van der Waals surface area contributed by atoms with Gasteiger partial charge in [0.05, 0.1) is 5.92 Å². The molecule has 0 heterocycles. The molecule has 1 amide bonds. The smallest absolute Gasteiger partial charge is 0.224 e. The normalized spacial score (nSPS) is 17.7. The summed E-state index contributed by atoms with van der Waals surface area (Å²) in [5.41, 5.74) is 2.37. The van der Waals surface area contributed by atoms with E-state index in [4.69, 9.17) is 0 Å². The molecule has 0 radical (unpaired) electrons. The maximum absolute atomic E-state index is 12.8. The number of carbonyl (C=O) groups excluding carboxylic acids is 1. The Bertz CT molecular complexity index is 640. The van der Waals surface area contributed by atoms with Crippen molar-refractivity contribution in [1.82, 2.24) is 5.32 Å². The van der Waals surface area contributed by atoms with Crippen molar-refractivity contribution in [2.45, 2.75) is 57.3 Å². The number of rotatable bonds is 10. The second kappa shape index (κ2) is 9.02. The lowest BCUT2D eigenvalue weighted by atomic mass is 9.85. The number of benzene rings is 2. The van der Waals surface area contributed by atoms with Gasteiger partial charge in [-0.15, -0.1) is 0 Å². The Balaban J connectivity index is 1.59. The Morgan fingerprint density at radius 2 is 1.42 bits per heavy atom. The first-order valence-corrected chi connectivity index (χ1v) is 10.2. The fourth-order valence-electron chi connectivity index (χ4n) is 4.10. The zero-order chi connectivity index (χ0) is 18.2. The van der Waals surface area contributed by atoms with Crippen LogP contribution in [0.2, 0.25) is 0 Å². The summed E-state index contributed by atoms with van der Waals surface area (Å²) in [6.45, 7) is 3.04. The van der Waals surface area contributed by atoms with Gasteiger partial charge in [0.15, 0.2) is 0 Å². The highest BCUT2D eigenvalue weighted by molar-refractivity contribution is 5.86. The minimum Gasteiger partial charge on any atom is -0.356 e. The fraction of sp³-hybridized carbons (Fsp3) is 0.458. The minimum absolute atomic E-state index is 0.0485. The average Bonchev–Trinajstić information content (AvgIpc) is 3.46. The average molecular weight is 350 g/mol. The summed E-state index contributed by atoms with van der Waals surface area (Å²) in [7, 11) is 0. The summed E-state index contributed by atoms with van der Waals surface area (Å²) < 4.78 is 0. The van der Waals surface area contributed by atoms with E-state index < -0.39 is 0 Å². The van der Waals surface area contributed by atoms with Gasteiger partial charge in [0.1, 0.15) is 0 Å². The summed E-state index contributed by atoms with van der Waals surface area (Å²) in [4.78, 5) is 12.8. The molecule has 2 aromatic rings. The van der Waals surface area contributed by atoms with Crippen LogP contribution in [-0.2, 0) is 10.2 Å². The van der Waals surface area contributed by atoms with Crippen LogP contribution in [0.5, 0.6) is 0 Å². The molecule has 0 aliphatic heterocycles. The molecule has 0 spiro atoms. The van der Waals surface area contributed by atoms with Crippen molar-refractivity contribution >= 4 is 5.91 Å². The summed E-state index contributed by atoms with van der Waals surface area (Å²) in [5.74, 6) is 0.263. The van der Waals surface area contributed by atoms with E-state index in [0.717, 1.165) is 19.4 Å². The van der Waals surface area contributed by atoms with E-state index in [-0.39, 0.29) is 17.2 Å². The number of amides is 1. The zero-order valence-corrected chi connectivity index (χ0v) is 15.9. The van der Waals surface area contributed by atoms with Gasteiger partial charge in [0.2, 0.25) is 5.91 Å². The van der Waals surface area contributed by atoms with E-state index in [2.05, 4.69) is 60.8 Å². The van der Waals surface area contributed by atoms with Crippen molar-refractivity contribution in [3.8, 4) is 0 Å². The van der Waals surface area contributed by atoms with Crippen LogP contribution in [0.25, 0.3) is 0 Å². The van der Waals surface area contributed by atoms with Crippen LogP contribution in [0.1, 0.15) is 63.0 Å². The van der Waals surface area contributed by atoms with E-state index >= 15 is 0 Å². The first-order valence-electron chi connectivity index (χ1n) is 10.2. The molecule has 1 unspecified atom stereocenters. The Morgan fingerprint density at radius 3 is 2.00 bits per heavy atom. The molecule has 0 saturated heterocycles. The molecule has 1 fully saturated rings. The van der Waals surface area contributed by atoms with E-state index in [1.54, 1.807) is 0 Å². The van der Waals surface area contributed by atoms with E-state index in [0.29, 0.717) is 0 Å². The Kier molecular flexibility index (Phi) is 6.49. The number of nitrogens with one attached hydrogen (secondary N) is 1. The van der Waals surface area contributed by atoms with Gasteiger partial charge in [-0.1, -0.05) is 99.7 Å². The molecule has 2 aromatic carbocycles. The van der Waals surface area contributed by atoms with Gasteiger partial charge in [-0.3, -0.25) is 4.79 Å². The molecule has 1 N–H and O–H groups in total. The van der Waals surface area contributed by atoms with E-state index in [1.807, 2.05) is 12.1 Å².